The van der Waals surface area contributed by atoms with Crippen molar-refractivity contribution in [3.05, 3.63) is 124 Å². The third-order valence-corrected chi connectivity index (χ3v) is 6.08. The SMILES string of the molecule is CCOc1cc(C=Nn2c(-c3cccc(C(F)(F)F)c3)nc3ccccc3c2=O)ccc1OCc1cccc(F)c1. The van der Waals surface area contributed by atoms with E-state index in [-0.39, 0.29) is 29.2 Å². The average Bonchev–Trinajstić information content (AvgIpc) is 2.96. The molecule has 0 fully saturated rings. The summed E-state index contributed by atoms with van der Waals surface area (Å²) < 4.78 is 66.3. The second kappa shape index (κ2) is 11.6. The maximum Gasteiger partial charge on any atom is 0.416 e. The Labute approximate surface area is 232 Å². The van der Waals surface area contributed by atoms with Gasteiger partial charge in [-0.15, -0.1) is 0 Å². The lowest BCUT2D eigenvalue weighted by molar-refractivity contribution is -0.137. The van der Waals surface area contributed by atoms with Gasteiger partial charge in [-0.2, -0.15) is 22.9 Å². The molecule has 0 N–H and O–H groups in total. The van der Waals surface area contributed by atoms with Crippen LogP contribution in [0.1, 0.15) is 23.6 Å². The van der Waals surface area contributed by atoms with Crippen molar-refractivity contribution >= 4 is 17.1 Å². The lowest BCUT2D eigenvalue weighted by Crippen LogP contribution is -2.20. The molecule has 208 valence electrons. The van der Waals surface area contributed by atoms with Crippen molar-refractivity contribution in [3.63, 3.8) is 0 Å². The van der Waals surface area contributed by atoms with Crippen molar-refractivity contribution in [2.75, 3.05) is 6.61 Å². The van der Waals surface area contributed by atoms with Gasteiger partial charge >= 0.3 is 6.18 Å². The Balaban J connectivity index is 1.53. The highest BCUT2D eigenvalue weighted by Crippen LogP contribution is 2.32. The molecule has 10 heteroatoms. The van der Waals surface area contributed by atoms with Crippen LogP contribution in [0, 0.1) is 5.82 Å². The molecule has 0 bridgehead atoms. The van der Waals surface area contributed by atoms with E-state index in [2.05, 4.69) is 10.1 Å². The summed E-state index contributed by atoms with van der Waals surface area (Å²) in [5, 5.41) is 4.59. The Morgan fingerprint density at radius 3 is 2.49 bits per heavy atom. The predicted octanol–water partition coefficient (Wildman–Crippen LogP) is 7.08. The normalized spacial score (nSPS) is 11.7. The van der Waals surface area contributed by atoms with Crippen molar-refractivity contribution in [1.29, 1.82) is 0 Å². The number of alkyl halides is 3. The van der Waals surface area contributed by atoms with Gasteiger partial charge in [0.25, 0.3) is 5.56 Å². The highest BCUT2D eigenvalue weighted by atomic mass is 19.4. The fraction of sp³-hybridized carbons (Fsp3) is 0.129. The van der Waals surface area contributed by atoms with Crippen LogP contribution in [0.4, 0.5) is 17.6 Å². The summed E-state index contributed by atoms with van der Waals surface area (Å²) in [4.78, 5) is 17.9. The fourth-order valence-electron chi connectivity index (χ4n) is 4.16. The van der Waals surface area contributed by atoms with Crippen LogP contribution in [-0.4, -0.2) is 22.5 Å². The maximum atomic E-state index is 13.5. The van der Waals surface area contributed by atoms with Crippen LogP contribution in [0.2, 0.25) is 0 Å². The van der Waals surface area contributed by atoms with E-state index >= 15 is 0 Å². The van der Waals surface area contributed by atoms with Crippen LogP contribution in [0.5, 0.6) is 11.5 Å². The van der Waals surface area contributed by atoms with Gasteiger partial charge in [-0.25, -0.2) is 9.37 Å². The Hall–Kier alpha value is -4.99. The zero-order valence-electron chi connectivity index (χ0n) is 21.7. The Kier molecular flexibility index (Phi) is 7.82. The molecule has 0 saturated carbocycles. The second-order valence-corrected chi connectivity index (χ2v) is 8.95. The Bertz CT molecular complexity index is 1800. The first-order valence-corrected chi connectivity index (χ1v) is 12.6. The minimum atomic E-state index is -4.57. The molecule has 0 aliphatic rings. The molecule has 0 unspecified atom stereocenters. The predicted molar refractivity (Wildman–Crippen MR) is 148 cm³/mol. The van der Waals surface area contributed by atoms with Crippen LogP contribution in [-0.2, 0) is 12.8 Å². The second-order valence-electron chi connectivity index (χ2n) is 8.95. The van der Waals surface area contributed by atoms with E-state index in [0.717, 1.165) is 16.8 Å². The lowest BCUT2D eigenvalue weighted by atomic mass is 10.1. The van der Waals surface area contributed by atoms with Crippen LogP contribution in [0.15, 0.2) is 101 Å². The zero-order chi connectivity index (χ0) is 29.0. The van der Waals surface area contributed by atoms with Gasteiger partial charge in [0.05, 0.1) is 29.3 Å². The highest BCUT2D eigenvalue weighted by molar-refractivity contribution is 5.82. The quantitative estimate of drug-likeness (QED) is 0.150. The number of hydrogen-bond donors (Lipinski definition) is 0. The zero-order valence-corrected chi connectivity index (χ0v) is 21.7. The van der Waals surface area contributed by atoms with Crippen molar-refractivity contribution in [2.24, 2.45) is 5.10 Å². The molecule has 5 rings (SSSR count). The monoisotopic (exact) mass is 561 g/mol. The van der Waals surface area contributed by atoms with Gasteiger partial charge in [-0.05, 0) is 72.6 Å². The lowest BCUT2D eigenvalue weighted by Gasteiger charge is -2.13. The Morgan fingerprint density at radius 2 is 1.71 bits per heavy atom. The topological polar surface area (TPSA) is 65.7 Å². The first kappa shape index (κ1) is 27.6. The molecule has 1 heterocycles. The van der Waals surface area contributed by atoms with E-state index in [1.54, 1.807) is 61.5 Å². The van der Waals surface area contributed by atoms with Crippen molar-refractivity contribution in [1.82, 2.24) is 9.66 Å². The van der Waals surface area contributed by atoms with Crippen LogP contribution < -0.4 is 15.0 Å². The van der Waals surface area contributed by atoms with Crippen LogP contribution in [0.25, 0.3) is 22.3 Å². The van der Waals surface area contributed by atoms with E-state index in [0.29, 0.717) is 34.7 Å². The molecule has 1 aromatic heterocycles. The number of nitrogens with zero attached hydrogens (tertiary/aromatic N) is 3. The first-order valence-electron chi connectivity index (χ1n) is 12.6. The van der Waals surface area contributed by atoms with Crippen molar-refractivity contribution in [3.8, 4) is 22.9 Å². The molecular formula is C31H23F4N3O3. The summed E-state index contributed by atoms with van der Waals surface area (Å²) in [5.74, 6) is 0.402. The summed E-state index contributed by atoms with van der Waals surface area (Å²) >= 11 is 0. The van der Waals surface area contributed by atoms with Gasteiger partial charge in [0, 0.05) is 5.56 Å². The molecule has 0 aliphatic heterocycles. The number of hydrogen-bond acceptors (Lipinski definition) is 5. The molecule has 4 aromatic carbocycles. The van der Waals surface area contributed by atoms with Crippen molar-refractivity contribution < 1.29 is 27.0 Å². The molecular weight excluding hydrogens is 538 g/mol. The van der Waals surface area contributed by atoms with Gasteiger partial charge in [0.15, 0.2) is 17.3 Å². The molecule has 0 amide bonds. The number of ether oxygens (including phenoxy) is 2. The summed E-state index contributed by atoms with van der Waals surface area (Å²) in [7, 11) is 0. The third-order valence-electron chi connectivity index (χ3n) is 6.08. The first-order chi connectivity index (χ1) is 19.7. The third kappa shape index (κ3) is 6.27. The number of benzene rings is 4. The summed E-state index contributed by atoms with van der Waals surface area (Å²) in [6, 6.07) is 22.1. The Morgan fingerprint density at radius 1 is 0.902 bits per heavy atom. The summed E-state index contributed by atoms with van der Waals surface area (Å²) in [5.41, 5.74) is 0.165. The van der Waals surface area contributed by atoms with E-state index in [4.69, 9.17) is 9.47 Å². The summed E-state index contributed by atoms with van der Waals surface area (Å²) in [6.07, 6.45) is -3.19. The molecule has 0 saturated heterocycles. The van der Waals surface area contributed by atoms with E-state index in [9.17, 15) is 22.4 Å². The molecule has 0 atom stereocenters. The molecule has 0 aliphatic carbocycles. The number of para-hydroxylation sites is 1. The largest absolute Gasteiger partial charge is 0.490 e. The molecule has 0 radical (unpaired) electrons. The van der Waals surface area contributed by atoms with Gasteiger partial charge < -0.3 is 9.47 Å². The highest BCUT2D eigenvalue weighted by Gasteiger charge is 2.31. The minimum absolute atomic E-state index is 0.0453. The van der Waals surface area contributed by atoms with Gasteiger partial charge in [0.2, 0.25) is 0 Å². The van der Waals surface area contributed by atoms with Gasteiger partial charge in [-0.1, -0.05) is 36.4 Å². The number of halogens is 4. The number of fused-ring (bicyclic) bond motifs is 1. The molecule has 41 heavy (non-hydrogen) atoms. The summed E-state index contributed by atoms with van der Waals surface area (Å²) in [6.45, 7) is 2.26. The number of rotatable bonds is 8. The average molecular weight is 562 g/mol. The smallest absolute Gasteiger partial charge is 0.416 e. The number of aromatic nitrogens is 2. The van der Waals surface area contributed by atoms with E-state index in [1.807, 2.05) is 0 Å². The van der Waals surface area contributed by atoms with Gasteiger partial charge in [-0.3, -0.25) is 4.79 Å². The minimum Gasteiger partial charge on any atom is -0.490 e. The fourth-order valence-corrected chi connectivity index (χ4v) is 4.16. The van der Waals surface area contributed by atoms with E-state index < -0.39 is 17.3 Å². The standard InChI is InChI=1S/C31H23F4N3O3/c1-2-40-28-16-20(13-14-27(28)41-19-21-7-5-10-24(32)15-21)18-36-38-29(22-8-6-9-23(17-22)31(33,34)35)37-26-12-4-3-11-25(26)30(38)39/h3-18H,2,19H2,1H3. The van der Waals surface area contributed by atoms with Crippen LogP contribution in [0.3, 0.4) is 0 Å². The van der Waals surface area contributed by atoms with Crippen molar-refractivity contribution in [2.45, 2.75) is 19.7 Å². The molecule has 6 nitrogen and oxygen atoms in total. The van der Waals surface area contributed by atoms with Crippen LogP contribution >= 0.6 is 0 Å². The van der Waals surface area contributed by atoms with Gasteiger partial charge in [0.1, 0.15) is 12.4 Å². The molecule has 0 spiro atoms. The molecule has 5 aromatic rings. The maximum absolute atomic E-state index is 13.5. The van der Waals surface area contributed by atoms with E-state index in [1.165, 1.54) is 30.5 Å².